The van der Waals surface area contributed by atoms with Crippen LogP contribution < -0.4 is 19.5 Å². The van der Waals surface area contributed by atoms with Crippen LogP contribution in [-0.4, -0.2) is 92.3 Å². The highest BCUT2D eigenvalue weighted by Crippen LogP contribution is 2.36. The quantitative estimate of drug-likeness (QED) is 0.246. The van der Waals surface area contributed by atoms with Crippen LogP contribution in [0.4, 0.5) is 11.6 Å². The highest BCUT2D eigenvalue weighted by molar-refractivity contribution is 7.97. The summed E-state index contributed by atoms with van der Waals surface area (Å²) >= 11 is 1.75. The molecule has 1 N–H and O–H groups in total. The summed E-state index contributed by atoms with van der Waals surface area (Å²) < 4.78 is 22.7. The molecule has 246 valence electrons. The van der Waals surface area contributed by atoms with Crippen molar-refractivity contribution in [3.8, 4) is 39.9 Å². The maximum Gasteiger partial charge on any atom is 0.223 e. The zero-order chi connectivity index (χ0) is 32.5. The molecule has 1 unspecified atom stereocenters. The molecule has 4 bridgehead atoms. The van der Waals surface area contributed by atoms with Crippen LogP contribution in [0.2, 0.25) is 0 Å². The average molecular weight is 665 g/mol. The van der Waals surface area contributed by atoms with E-state index in [4.69, 9.17) is 24.2 Å². The standard InChI is InChI=1S/C31H39N8O3P.C2H6S/c1-4-39-31-26(19-34-39)29-33-18-25(30(36-29)35-28-17-24(8-10-32-28)42-21(3)9-15-41-31)22-6-7-23(27(16-22)40-5-2)20-37-11-13-38(43)14-12-37;1-3-2/h6-8,10,16-19,21H,4-5,9,11-15,20,43H2,1-3H3,(H,32,33,35,36);1-2H3/t21-;/m0./s1. The molecule has 13 heteroatoms. The number of hydrogen-bond acceptors (Lipinski definition) is 11. The van der Waals surface area contributed by atoms with E-state index in [0.29, 0.717) is 49.5 Å². The smallest absolute Gasteiger partial charge is 0.223 e. The normalized spacial score (nSPS) is 16.9. The van der Waals surface area contributed by atoms with E-state index < -0.39 is 0 Å². The minimum atomic E-state index is -0.0514. The lowest BCUT2D eigenvalue weighted by atomic mass is 10.0. The minimum Gasteiger partial charge on any atom is -0.494 e. The van der Waals surface area contributed by atoms with Crippen molar-refractivity contribution < 1.29 is 14.2 Å². The van der Waals surface area contributed by atoms with Gasteiger partial charge in [0.25, 0.3) is 0 Å². The monoisotopic (exact) mass is 664 g/mol. The first-order chi connectivity index (χ1) is 22.4. The number of aromatic nitrogens is 5. The van der Waals surface area contributed by atoms with E-state index in [2.05, 4.69) is 52.6 Å². The molecule has 0 radical (unpaired) electrons. The summed E-state index contributed by atoms with van der Waals surface area (Å²) in [5, 5.41) is 7.98. The lowest BCUT2D eigenvalue weighted by molar-refractivity contribution is 0.171. The first kappa shape index (κ1) is 33.9. The molecular weight excluding hydrogens is 619 g/mol. The van der Waals surface area contributed by atoms with E-state index in [-0.39, 0.29) is 6.10 Å². The number of hydrogen-bond donors (Lipinski definition) is 1. The van der Waals surface area contributed by atoms with Gasteiger partial charge in [0.2, 0.25) is 5.88 Å². The van der Waals surface area contributed by atoms with Crippen LogP contribution in [0, 0.1) is 0 Å². The Kier molecular flexibility index (Phi) is 12.1. The van der Waals surface area contributed by atoms with E-state index >= 15 is 0 Å². The molecule has 46 heavy (non-hydrogen) atoms. The molecule has 0 amide bonds. The number of pyridine rings is 1. The highest BCUT2D eigenvalue weighted by Gasteiger charge is 2.22. The van der Waals surface area contributed by atoms with E-state index in [1.165, 1.54) is 5.56 Å². The molecule has 2 atom stereocenters. The Bertz CT molecular complexity index is 1580. The predicted molar refractivity (Wildman–Crippen MR) is 189 cm³/mol. The first-order valence-corrected chi connectivity index (χ1v) is 17.9. The molecule has 11 nitrogen and oxygen atoms in total. The van der Waals surface area contributed by atoms with Crippen molar-refractivity contribution >= 4 is 32.8 Å². The van der Waals surface area contributed by atoms with Gasteiger partial charge in [0.15, 0.2) is 5.82 Å². The summed E-state index contributed by atoms with van der Waals surface area (Å²) in [5.74, 6) is 4.00. The number of rotatable bonds is 6. The Morgan fingerprint density at radius 1 is 1.04 bits per heavy atom. The summed E-state index contributed by atoms with van der Waals surface area (Å²) in [6.07, 6.45) is 10.1. The van der Waals surface area contributed by atoms with E-state index in [1.807, 2.05) is 56.3 Å². The highest BCUT2D eigenvalue weighted by atomic mass is 32.2. The fourth-order valence-electron chi connectivity index (χ4n) is 5.32. The van der Waals surface area contributed by atoms with Gasteiger partial charge < -0.3 is 19.5 Å². The van der Waals surface area contributed by atoms with Crippen molar-refractivity contribution in [2.24, 2.45) is 0 Å². The predicted octanol–water partition coefficient (Wildman–Crippen LogP) is 6.00. The number of benzene rings is 1. The minimum absolute atomic E-state index is 0.0514. The van der Waals surface area contributed by atoms with Gasteiger partial charge in [0, 0.05) is 75.3 Å². The van der Waals surface area contributed by atoms with Gasteiger partial charge in [-0.2, -0.15) is 16.9 Å². The molecule has 5 heterocycles. The molecule has 2 aliphatic rings. The fourth-order valence-corrected chi connectivity index (χ4v) is 5.55. The van der Waals surface area contributed by atoms with Crippen molar-refractivity contribution in [2.45, 2.75) is 46.4 Å². The lowest BCUT2D eigenvalue weighted by Gasteiger charge is -2.32. The van der Waals surface area contributed by atoms with Gasteiger partial charge in [-0.15, -0.1) is 0 Å². The Labute approximate surface area is 278 Å². The zero-order valence-corrected chi connectivity index (χ0v) is 29.4. The second-order valence-corrected chi connectivity index (χ2v) is 12.7. The topological polar surface area (TPSA) is 103 Å². The second-order valence-electron chi connectivity index (χ2n) is 11.2. The summed E-state index contributed by atoms with van der Waals surface area (Å²) in [7, 11) is 2.81. The SMILES string of the molecule is CCOc1cc(-c2cnc3nc2Nc2cc(ccn2)O[C@@H](C)CCOc2c-3cnn2CC)ccc1CN1CCN(P)CC1.CSC. The van der Waals surface area contributed by atoms with E-state index in [0.717, 1.165) is 60.9 Å². The van der Waals surface area contributed by atoms with Crippen LogP contribution >= 0.6 is 21.2 Å². The van der Waals surface area contributed by atoms with Crippen LogP contribution in [0.5, 0.6) is 17.4 Å². The van der Waals surface area contributed by atoms with Crippen molar-refractivity contribution in [3.05, 3.63) is 54.5 Å². The van der Waals surface area contributed by atoms with Gasteiger partial charge in [0.1, 0.15) is 28.7 Å². The van der Waals surface area contributed by atoms with Gasteiger partial charge in [0.05, 0.1) is 25.5 Å². The maximum absolute atomic E-state index is 6.24. The molecule has 2 aliphatic heterocycles. The zero-order valence-electron chi connectivity index (χ0n) is 27.4. The fraction of sp³-hybridized carbons (Fsp3) is 0.455. The molecule has 4 aromatic rings. The van der Waals surface area contributed by atoms with Crippen LogP contribution in [-0.2, 0) is 13.1 Å². The summed E-state index contributed by atoms with van der Waals surface area (Å²) in [6.45, 7) is 12.8. The summed E-state index contributed by atoms with van der Waals surface area (Å²) in [5.41, 5.74) is 3.67. The van der Waals surface area contributed by atoms with Gasteiger partial charge in [-0.1, -0.05) is 21.5 Å². The van der Waals surface area contributed by atoms with Gasteiger partial charge in [-0.05, 0) is 51.0 Å². The molecule has 1 aromatic carbocycles. The summed E-state index contributed by atoms with van der Waals surface area (Å²) in [6, 6.07) is 10.1. The molecule has 0 saturated carbocycles. The Balaban J connectivity index is 0.00000134. The Hall–Kier alpha value is -3.44. The number of piperazine rings is 1. The number of anilines is 2. The van der Waals surface area contributed by atoms with Crippen molar-refractivity contribution in [1.82, 2.24) is 34.3 Å². The lowest BCUT2D eigenvalue weighted by Crippen LogP contribution is -2.41. The number of thioether (sulfide) groups is 1. The third-order valence-corrected chi connectivity index (χ3v) is 8.19. The number of fused-ring (bicyclic) bond motifs is 6. The van der Waals surface area contributed by atoms with Crippen molar-refractivity contribution in [1.29, 1.82) is 0 Å². The van der Waals surface area contributed by atoms with Crippen molar-refractivity contribution in [2.75, 3.05) is 57.2 Å². The van der Waals surface area contributed by atoms with Gasteiger partial charge >= 0.3 is 0 Å². The average Bonchev–Trinajstić information content (AvgIpc) is 3.46. The molecule has 1 saturated heterocycles. The van der Waals surface area contributed by atoms with Crippen LogP contribution in [0.1, 0.15) is 32.8 Å². The molecule has 0 spiro atoms. The Morgan fingerprint density at radius 2 is 1.85 bits per heavy atom. The number of ether oxygens (including phenoxy) is 3. The number of nitrogens with zero attached hydrogens (tertiary/aromatic N) is 7. The van der Waals surface area contributed by atoms with Crippen LogP contribution in [0.15, 0.2) is 48.9 Å². The summed E-state index contributed by atoms with van der Waals surface area (Å²) in [4.78, 5) is 16.8. The maximum atomic E-state index is 6.24. The first-order valence-electron chi connectivity index (χ1n) is 15.8. The Morgan fingerprint density at radius 3 is 2.61 bits per heavy atom. The second kappa shape index (κ2) is 16.4. The molecular formula is C33H45N8O3PS. The molecule has 1 fully saturated rings. The van der Waals surface area contributed by atoms with Crippen LogP contribution in [0.25, 0.3) is 22.5 Å². The molecule has 6 rings (SSSR count). The molecule has 3 aromatic heterocycles. The van der Waals surface area contributed by atoms with Gasteiger partial charge in [-0.25, -0.2) is 19.6 Å². The van der Waals surface area contributed by atoms with Gasteiger partial charge in [-0.3, -0.25) is 9.57 Å². The van der Waals surface area contributed by atoms with Crippen molar-refractivity contribution in [3.63, 3.8) is 0 Å². The number of nitrogens with one attached hydrogen (secondary N) is 1. The number of aryl methyl sites for hydroxylation is 1. The third-order valence-electron chi connectivity index (χ3n) is 7.68. The largest absolute Gasteiger partial charge is 0.494 e. The molecule has 0 aliphatic carbocycles. The third kappa shape index (κ3) is 8.47. The van der Waals surface area contributed by atoms with E-state index in [1.54, 1.807) is 24.2 Å². The van der Waals surface area contributed by atoms with E-state index in [9.17, 15) is 0 Å². The van der Waals surface area contributed by atoms with Crippen LogP contribution in [0.3, 0.4) is 0 Å².